The van der Waals surface area contributed by atoms with Gasteiger partial charge < -0.3 is 14.7 Å². The third kappa shape index (κ3) is 8.62. The number of imide groups is 1. The summed E-state index contributed by atoms with van der Waals surface area (Å²) in [6, 6.07) is 32.3. The molecule has 1 aliphatic carbocycles. The van der Waals surface area contributed by atoms with E-state index in [1.807, 2.05) is 78.0 Å². The van der Waals surface area contributed by atoms with Crippen LogP contribution in [0.2, 0.25) is 0 Å². The van der Waals surface area contributed by atoms with Crippen LogP contribution in [0.3, 0.4) is 0 Å². The van der Waals surface area contributed by atoms with Crippen molar-refractivity contribution in [3.05, 3.63) is 154 Å². The van der Waals surface area contributed by atoms with Gasteiger partial charge in [-0.05, 0) is 103 Å². The molecule has 7 heterocycles. The second kappa shape index (κ2) is 18.1. The summed E-state index contributed by atoms with van der Waals surface area (Å²) in [5.74, 6) is 6.63. The van der Waals surface area contributed by atoms with Crippen molar-refractivity contribution in [1.82, 2.24) is 39.9 Å². The van der Waals surface area contributed by atoms with E-state index in [1.165, 1.54) is 12.8 Å². The van der Waals surface area contributed by atoms with Crippen molar-refractivity contribution < 1.29 is 19.2 Å². The monoisotopic (exact) mass is 927 g/mol. The topological polar surface area (TPSA) is 135 Å². The molecule has 6 aromatic rings. The van der Waals surface area contributed by atoms with Gasteiger partial charge in [-0.1, -0.05) is 66.5 Å². The van der Waals surface area contributed by atoms with E-state index >= 15 is 0 Å². The molecule has 6 aliphatic rings. The molecule has 1 saturated carbocycles. The van der Waals surface area contributed by atoms with E-state index in [2.05, 4.69) is 90.4 Å². The molecule has 350 valence electrons. The first kappa shape index (κ1) is 43.7. The molecule has 4 fully saturated rings. The molecule has 3 saturated heterocycles. The van der Waals surface area contributed by atoms with Gasteiger partial charge in [0.05, 0.1) is 24.3 Å². The number of nitrogens with one attached hydrogen (secondary N) is 1. The Bertz CT molecular complexity index is 3150. The van der Waals surface area contributed by atoms with Gasteiger partial charge in [-0.25, -0.2) is 9.97 Å². The lowest BCUT2D eigenvalue weighted by atomic mass is 9.60. The number of rotatable bonds is 8. The van der Waals surface area contributed by atoms with Gasteiger partial charge in [0.25, 0.3) is 11.8 Å². The van der Waals surface area contributed by atoms with Crippen molar-refractivity contribution in [2.24, 2.45) is 5.41 Å². The van der Waals surface area contributed by atoms with Gasteiger partial charge in [0.2, 0.25) is 11.8 Å². The van der Waals surface area contributed by atoms with Crippen molar-refractivity contribution >= 4 is 52.4 Å². The highest BCUT2D eigenvalue weighted by Crippen LogP contribution is 2.52. The molecule has 4 amide bonds. The smallest absolute Gasteiger partial charge is 0.255 e. The van der Waals surface area contributed by atoms with Gasteiger partial charge in [-0.15, -0.1) is 0 Å². The normalized spacial score (nSPS) is 20.2. The van der Waals surface area contributed by atoms with E-state index in [4.69, 9.17) is 4.98 Å². The number of para-hydroxylation sites is 1. The van der Waals surface area contributed by atoms with Crippen molar-refractivity contribution in [1.29, 1.82) is 0 Å². The number of piperidine rings is 1. The molecular formula is C57H53N9O4. The van der Waals surface area contributed by atoms with Crippen LogP contribution in [0, 0.1) is 17.3 Å². The van der Waals surface area contributed by atoms with Gasteiger partial charge in [0.1, 0.15) is 6.04 Å². The summed E-state index contributed by atoms with van der Waals surface area (Å²) in [7, 11) is 0. The van der Waals surface area contributed by atoms with Gasteiger partial charge in [-0.3, -0.25) is 39.3 Å². The van der Waals surface area contributed by atoms with Crippen LogP contribution in [0.4, 0.5) is 5.69 Å². The van der Waals surface area contributed by atoms with E-state index in [0.717, 1.165) is 108 Å². The highest BCUT2D eigenvalue weighted by molar-refractivity contribution is 6.05. The number of benzene rings is 4. The summed E-state index contributed by atoms with van der Waals surface area (Å²) >= 11 is 0. The maximum atomic E-state index is 13.6. The van der Waals surface area contributed by atoms with Crippen molar-refractivity contribution in [2.75, 3.05) is 57.3 Å². The van der Waals surface area contributed by atoms with Crippen LogP contribution in [0.5, 0.6) is 0 Å². The minimum Gasteiger partial charge on any atom is -0.370 e. The fourth-order valence-electron chi connectivity index (χ4n) is 11.3. The highest BCUT2D eigenvalue weighted by atomic mass is 16.2. The lowest BCUT2D eigenvalue weighted by molar-refractivity contribution is -0.136. The Morgan fingerprint density at radius 1 is 0.786 bits per heavy atom. The standard InChI is InChI=1S/C57H53N9O4/c67-52-20-19-51(54(68)61-52)66-34-45-29-46(17-18-48(45)56(66)70)65-36-57(37-65)30-47(31-57)63-26-24-62(25-27-63)22-3-4-38-7-9-39(10-8-38)11-12-40-13-15-41(16-14-40)55(69)64-23-21-43-32-59-53(60-50(43)35-64)44-28-42-5-1-2-6-49(42)58-33-44/h1-2,5-18,28-29,32-33,47,51H,19-27,30-31,34-37H2,(H,61,67,68)/b12-11+. The molecule has 0 radical (unpaired) electrons. The second-order valence-corrected chi connectivity index (χ2v) is 19.9. The molecule has 1 unspecified atom stereocenters. The van der Waals surface area contributed by atoms with Gasteiger partial charge in [0.15, 0.2) is 5.82 Å². The third-order valence-electron chi connectivity index (χ3n) is 15.3. The largest absolute Gasteiger partial charge is 0.370 e. The number of amides is 4. The number of pyridine rings is 1. The average Bonchev–Trinajstić information content (AvgIpc) is 3.69. The quantitative estimate of drug-likeness (QED) is 0.103. The Morgan fingerprint density at radius 3 is 2.34 bits per heavy atom. The average molecular weight is 928 g/mol. The summed E-state index contributed by atoms with van der Waals surface area (Å²) < 4.78 is 0. The Hall–Kier alpha value is -7.53. The lowest BCUT2D eigenvalue weighted by Crippen LogP contribution is -2.68. The zero-order valence-corrected chi connectivity index (χ0v) is 39.0. The second-order valence-electron chi connectivity index (χ2n) is 19.9. The Morgan fingerprint density at radius 2 is 1.56 bits per heavy atom. The van der Waals surface area contributed by atoms with Gasteiger partial charge in [0, 0.05) is 116 Å². The minimum atomic E-state index is -0.589. The van der Waals surface area contributed by atoms with Crippen LogP contribution in [-0.2, 0) is 29.1 Å². The maximum absolute atomic E-state index is 13.6. The van der Waals surface area contributed by atoms with Crippen LogP contribution in [0.25, 0.3) is 34.4 Å². The van der Waals surface area contributed by atoms with Crippen LogP contribution >= 0.6 is 0 Å². The molecule has 0 bridgehead atoms. The minimum absolute atomic E-state index is 0.00290. The number of carbonyl (C=O) groups is 4. The summed E-state index contributed by atoms with van der Waals surface area (Å²) in [5, 5.41) is 3.42. The fraction of sp³-hybridized carbons (Fsp3) is 0.316. The SMILES string of the molecule is O=C1CCC(N2Cc3cc(N4CC5(CC(N6CCN(CC#Cc7ccc(/C=C/c8ccc(C(=O)N9CCc%10cnc(-c%11cnc%12ccccc%12c%11)nc%10C9)cc8)cc7)CC6)C5)C4)ccc3C2=O)C(=O)N1. The number of carbonyl (C=O) groups excluding carboxylic acids is 4. The van der Waals surface area contributed by atoms with E-state index in [1.54, 1.807) is 4.90 Å². The van der Waals surface area contributed by atoms with Crippen molar-refractivity contribution in [3.8, 4) is 23.2 Å². The summed E-state index contributed by atoms with van der Waals surface area (Å²) in [6.45, 7) is 8.53. The van der Waals surface area contributed by atoms with E-state index < -0.39 is 6.04 Å². The molecule has 2 aromatic heterocycles. The van der Waals surface area contributed by atoms with Crippen LogP contribution in [0.15, 0.2) is 109 Å². The van der Waals surface area contributed by atoms with E-state index in [-0.39, 0.29) is 30.0 Å². The predicted molar refractivity (Wildman–Crippen MR) is 268 cm³/mol. The van der Waals surface area contributed by atoms with E-state index in [9.17, 15) is 19.2 Å². The Balaban J connectivity index is 0.569. The maximum Gasteiger partial charge on any atom is 0.255 e. The van der Waals surface area contributed by atoms with Gasteiger partial charge in [-0.2, -0.15) is 0 Å². The molecular weight excluding hydrogens is 875 g/mol. The third-order valence-corrected chi connectivity index (χ3v) is 15.3. The highest BCUT2D eigenvalue weighted by Gasteiger charge is 2.54. The fourth-order valence-corrected chi connectivity index (χ4v) is 11.3. The summed E-state index contributed by atoms with van der Waals surface area (Å²) in [4.78, 5) is 76.0. The number of fused-ring (bicyclic) bond motifs is 3. The molecule has 4 aromatic carbocycles. The first-order chi connectivity index (χ1) is 34.2. The van der Waals surface area contributed by atoms with E-state index in [0.29, 0.717) is 54.5 Å². The molecule has 1 spiro atoms. The first-order valence-corrected chi connectivity index (χ1v) is 24.5. The summed E-state index contributed by atoms with van der Waals surface area (Å²) in [5.41, 5.74) is 10.7. The lowest BCUT2D eigenvalue weighted by Gasteiger charge is -2.62. The molecule has 12 rings (SSSR count). The zero-order valence-electron chi connectivity index (χ0n) is 39.0. The van der Waals surface area contributed by atoms with Gasteiger partial charge >= 0.3 is 0 Å². The number of nitrogens with zero attached hydrogens (tertiary/aromatic N) is 8. The van der Waals surface area contributed by atoms with Crippen LogP contribution < -0.4 is 10.2 Å². The zero-order chi connectivity index (χ0) is 47.3. The molecule has 1 N–H and O–H groups in total. The number of hydrogen-bond acceptors (Lipinski definition) is 10. The number of aromatic nitrogens is 3. The van der Waals surface area contributed by atoms with Crippen LogP contribution in [-0.4, -0.2) is 123 Å². The first-order valence-electron chi connectivity index (χ1n) is 24.5. The molecule has 5 aliphatic heterocycles. The molecule has 70 heavy (non-hydrogen) atoms. The Labute approximate surface area is 407 Å². The van der Waals surface area contributed by atoms with Crippen LogP contribution in [0.1, 0.15) is 79.9 Å². The number of hydrogen-bond donors (Lipinski definition) is 1. The number of anilines is 1. The molecule has 1 atom stereocenters. The predicted octanol–water partition coefficient (Wildman–Crippen LogP) is 6.46. The summed E-state index contributed by atoms with van der Waals surface area (Å²) in [6.07, 6.45) is 11.7. The number of piperazine rings is 1. The molecule has 13 heteroatoms. The van der Waals surface area contributed by atoms with Crippen molar-refractivity contribution in [3.63, 3.8) is 0 Å². The Kier molecular flexibility index (Phi) is 11.3. The van der Waals surface area contributed by atoms with Crippen molar-refractivity contribution in [2.45, 2.75) is 57.3 Å². The molecule has 13 nitrogen and oxygen atoms in total.